The molecule has 0 spiro atoms. The molecule has 0 aromatic carbocycles. The lowest BCUT2D eigenvalue weighted by Crippen LogP contribution is -2.29. The number of halogens is 1. The van der Waals surface area contributed by atoms with E-state index in [2.05, 4.69) is 0 Å². The summed E-state index contributed by atoms with van der Waals surface area (Å²) >= 11 is 7.16. The van der Waals surface area contributed by atoms with E-state index in [1.807, 2.05) is 6.92 Å². The summed E-state index contributed by atoms with van der Waals surface area (Å²) in [6.07, 6.45) is 1.63. The zero-order valence-corrected chi connectivity index (χ0v) is 8.99. The average molecular weight is 218 g/mol. The fourth-order valence-corrected chi connectivity index (χ4v) is 2.23. The van der Waals surface area contributed by atoms with Crippen LogP contribution in [0.1, 0.15) is 29.4 Å². The van der Waals surface area contributed by atoms with Gasteiger partial charge in [0.1, 0.15) is 0 Å². The Morgan fingerprint density at radius 3 is 2.92 bits per heavy atom. The first-order valence-corrected chi connectivity index (χ1v) is 5.45. The number of nitrogens with two attached hydrogens (primary N) is 1. The minimum Gasteiger partial charge on any atom is -0.321 e. The highest BCUT2D eigenvalue weighted by Crippen LogP contribution is 2.23. The van der Waals surface area contributed by atoms with E-state index in [4.69, 9.17) is 17.3 Å². The average Bonchev–Trinajstić information content (AvgIpc) is 2.50. The smallest absolute Gasteiger partial charge is 0.190 e. The second kappa shape index (κ2) is 4.74. The lowest BCUT2D eigenvalue weighted by molar-refractivity contribution is 0.0961. The van der Waals surface area contributed by atoms with Gasteiger partial charge in [0.15, 0.2) is 5.78 Å². The Morgan fingerprint density at radius 1 is 1.77 bits per heavy atom. The highest BCUT2D eigenvalue weighted by atomic mass is 35.5. The van der Waals surface area contributed by atoms with Crippen molar-refractivity contribution >= 4 is 28.7 Å². The van der Waals surface area contributed by atoms with Crippen LogP contribution in [-0.4, -0.2) is 11.8 Å². The Morgan fingerprint density at radius 2 is 2.46 bits per heavy atom. The minimum absolute atomic E-state index is 0.0400. The van der Waals surface area contributed by atoms with Crippen LogP contribution in [0.2, 0.25) is 5.02 Å². The number of rotatable bonds is 4. The van der Waals surface area contributed by atoms with E-state index >= 15 is 0 Å². The molecular weight excluding hydrogens is 206 g/mol. The first-order chi connectivity index (χ1) is 6.16. The molecule has 0 radical (unpaired) electrons. The van der Waals surface area contributed by atoms with Gasteiger partial charge < -0.3 is 5.73 Å². The van der Waals surface area contributed by atoms with Crippen LogP contribution in [-0.2, 0) is 0 Å². The molecule has 13 heavy (non-hydrogen) atoms. The van der Waals surface area contributed by atoms with Gasteiger partial charge in [-0.3, -0.25) is 4.79 Å². The summed E-state index contributed by atoms with van der Waals surface area (Å²) in [6, 6.07) is 1.32. The molecule has 0 amide bonds. The maximum Gasteiger partial charge on any atom is 0.190 e. The van der Waals surface area contributed by atoms with E-state index in [9.17, 15) is 4.79 Å². The van der Waals surface area contributed by atoms with Crippen LogP contribution in [0.3, 0.4) is 0 Å². The van der Waals surface area contributed by atoms with Crippen LogP contribution in [0.5, 0.6) is 0 Å². The Labute approximate surface area is 86.7 Å². The number of thiophene rings is 1. The Kier molecular flexibility index (Phi) is 3.90. The molecule has 0 aliphatic carbocycles. The van der Waals surface area contributed by atoms with Crippen molar-refractivity contribution in [3.8, 4) is 0 Å². The van der Waals surface area contributed by atoms with Crippen molar-refractivity contribution in [2.45, 2.75) is 25.8 Å². The largest absolute Gasteiger partial charge is 0.321 e. The lowest BCUT2D eigenvalue weighted by atomic mass is 10.1. The molecule has 0 fully saturated rings. The zero-order valence-electron chi connectivity index (χ0n) is 7.42. The van der Waals surface area contributed by atoms with Gasteiger partial charge in [-0.15, -0.1) is 11.3 Å². The first kappa shape index (κ1) is 10.7. The number of hydrogen-bond acceptors (Lipinski definition) is 3. The zero-order chi connectivity index (χ0) is 9.84. The number of carbonyl (C=O) groups excluding carboxylic acids is 1. The van der Waals surface area contributed by atoms with Gasteiger partial charge in [-0.2, -0.15) is 0 Å². The molecule has 4 heteroatoms. The fraction of sp³-hybridized carbons (Fsp3) is 0.444. The molecule has 0 aliphatic heterocycles. The van der Waals surface area contributed by atoms with Gasteiger partial charge in [-0.25, -0.2) is 0 Å². The monoisotopic (exact) mass is 217 g/mol. The molecule has 1 atom stereocenters. The predicted molar refractivity (Wildman–Crippen MR) is 56.5 cm³/mol. The first-order valence-electron chi connectivity index (χ1n) is 4.19. The second-order valence-corrected chi connectivity index (χ2v) is 4.18. The van der Waals surface area contributed by atoms with Crippen molar-refractivity contribution in [3.05, 3.63) is 21.3 Å². The summed E-state index contributed by atoms with van der Waals surface area (Å²) in [6.45, 7) is 2.00. The van der Waals surface area contributed by atoms with E-state index in [1.165, 1.54) is 11.3 Å². The molecule has 0 bridgehead atoms. The lowest BCUT2D eigenvalue weighted by Gasteiger charge is -2.07. The fourth-order valence-electron chi connectivity index (χ4n) is 1.08. The second-order valence-electron chi connectivity index (χ2n) is 2.86. The summed E-state index contributed by atoms with van der Waals surface area (Å²) in [4.78, 5) is 12.2. The molecule has 0 saturated heterocycles. The van der Waals surface area contributed by atoms with Gasteiger partial charge in [0.25, 0.3) is 0 Å². The van der Waals surface area contributed by atoms with Crippen LogP contribution in [0.15, 0.2) is 11.4 Å². The third-order valence-corrected chi connectivity index (χ3v) is 3.13. The van der Waals surface area contributed by atoms with Crippen molar-refractivity contribution in [3.63, 3.8) is 0 Å². The highest BCUT2D eigenvalue weighted by molar-refractivity contribution is 7.12. The third kappa shape index (κ3) is 2.53. The molecular formula is C9H12ClNOS. The molecule has 1 heterocycles. The van der Waals surface area contributed by atoms with Crippen LogP contribution >= 0.6 is 22.9 Å². The van der Waals surface area contributed by atoms with Crippen LogP contribution in [0.4, 0.5) is 0 Å². The molecule has 1 rings (SSSR count). The van der Waals surface area contributed by atoms with Crippen LogP contribution in [0.25, 0.3) is 0 Å². The quantitative estimate of drug-likeness (QED) is 0.789. The van der Waals surface area contributed by atoms with Crippen molar-refractivity contribution < 1.29 is 4.79 Å². The van der Waals surface area contributed by atoms with E-state index < -0.39 is 6.04 Å². The Balaban J connectivity index is 2.73. The van der Waals surface area contributed by atoms with Gasteiger partial charge in [0, 0.05) is 0 Å². The predicted octanol–water partition coefficient (Wildman–Crippen LogP) is 2.71. The molecule has 2 N–H and O–H groups in total. The van der Waals surface area contributed by atoms with Gasteiger partial charge in [-0.1, -0.05) is 24.9 Å². The minimum atomic E-state index is -0.402. The van der Waals surface area contributed by atoms with Crippen molar-refractivity contribution in [1.29, 1.82) is 0 Å². The molecule has 2 nitrogen and oxygen atoms in total. The number of carbonyl (C=O) groups is 1. The van der Waals surface area contributed by atoms with Gasteiger partial charge in [0.05, 0.1) is 15.9 Å². The topological polar surface area (TPSA) is 43.1 Å². The highest BCUT2D eigenvalue weighted by Gasteiger charge is 2.18. The van der Waals surface area contributed by atoms with Crippen LogP contribution < -0.4 is 5.73 Å². The summed E-state index contributed by atoms with van der Waals surface area (Å²) in [7, 11) is 0. The van der Waals surface area contributed by atoms with Gasteiger partial charge in [-0.05, 0) is 17.9 Å². The van der Waals surface area contributed by atoms with Crippen molar-refractivity contribution in [1.82, 2.24) is 0 Å². The Hall–Kier alpha value is -0.380. The summed E-state index contributed by atoms with van der Waals surface area (Å²) in [5.41, 5.74) is 5.69. The van der Waals surface area contributed by atoms with E-state index in [0.717, 1.165) is 6.42 Å². The third-order valence-electron chi connectivity index (χ3n) is 1.78. The molecule has 1 unspecified atom stereocenters. The summed E-state index contributed by atoms with van der Waals surface area (Å²) in [5.74, 6) is -0.0400. The summed E-state index contributed by atoms with van der Waals surface area (Å²) in [5, 5.41) is 2.32. The van der Waals surface area contributed by atoms with E-state index in [0.29, 0.717) is 16.3 Å². The maximum atomic E-state index is 11.6. The Bertz CT molecular complexity index is 298. The number of ketones is 1. The maximum absolute atomic E-state index is 11.6. The summed E-state index contributed by atoms with van der Waals surface area (Å²) < 4.78 is 0. The standard InChI is InChI=1S/C9H12ClNOS/c1-2-3-7(11)8(12)9-6(10)4-5-13-9/h4-5,7H,2-3,11H2,1H3. The van der Waals surface area contributed by atoms with Crippen molar-refractivity contribution in [2.75, 3.05) is 0 Å². The SMILES string of the molecule is CCCC(N)C(=O)c1sccc1Cl. The number of hydrogen-bond donors (Lipinski definition) is 1. The van der Waals surface area contributed by atoms with Gasteiger partial charge >= 0.3 is 0 Å². The van der Waals surface area contributed by atoms with Gasteiger partial charge in [0.2, 0.25) is 0 Å². The van der Waals surface area contributed by atoms with Crippen molar-refractivity contribution in [2.24, 2.45) is 5.73 Å². The molecule has 0 saturated carbocycles. The van der Waals surface area contributed by atoms with E-state index in [-0.39, 0.29) is 5.78 Å². The normalized spacial score (nSPS) is 12.8. The van der Waals surface area contributed by atoms with E-state index in [1.54, 1.807) is 11.4 Å². The molecule has 1 aromatic rings. The molecule has 72 valence electrons. The molecule has 0 aliphatic rings. The molecule has 1 aromatic heterocycles. The van der Waals surface area contributed by atoms with Crippen LogP contribution in [0, 0.1) is 0 Å². The number of Topliss-reactive ketones (excluding diaryl/α,β-unsaturated/α-hetero) is 1.